The van der Waals surface area contributed by atoms with E-state index in [4.69, 9.17) is 4.52 Å². The van der Waals surface area contributed by atoms with Crippen LogP contribution in [0.15, 0.2) is 10.6 Å². The number of nitrogens with one attached hydrogen (secondary N) is 2. The van der Waals surface area contributed by atoms with E-state index in [0.717, 1.165) is 6.42 Å². The van der Waals surface area contributed by atoms with Crippen molar-refractivity contribution >= 4 is 11.7 Å². The average Bonchev–Trinajstić information content (AvgIpc) is 2.61. The summed E-state index contributed by atoms with van der Waals surface area (Å²) in [4.78, 5) is 11.5. The third-order valence-electron chi connectivity index (χ3n) is 2.51. The van der Waals surface area contributed by atoms with E-state index >= 15 is 0 Å². The highest BCUT2D eigenvalue weighted by Gasteiger charge is 2.15. The lowest BCUT2D eigenvalue weighted by Gasteiger charge is -2.23. The smallest absolute Gasteiger partial charge is 0.239 e. The molecule has 2 N–H and O–H groups in total. The van der Waals surface area contributed by atoms with Gasteiger partial charge in [0.1, 0.15) is 5.76 Å². The minimum atomic E-state index is -0.116. The van der Waals surface area contributed by atoms with E-state index in [1.165, 1.54) is 0 Å². The molecule has 0 saturated carbocycles. The fourth-order valence-electron chi connectivity index (χ4n) is 1.06. The van der Waals surface area contributed by atoms with Crippen molar-refractivity contribution in [1.82, 2.24) is 10.5 Å². The van der Waals surface area contributed by atoms with Crippen LogP contribution in [0.3, 0.4) is 0 Å². The van der Waals surface area contributed by atoms with Gasteiger partial charge in [0, 0.05) is 11.6 Å². The second-order valence-corrected chi connectivity index (χ2v) is 4.46. The SMILES string of the molecule is CCC(C)(C)NCC(=O)Nc1cc(C)on1. The van der Waals surface area contributed by atoms with E-state index in [9.17, 15) is 4.79 Å². The number of amides is 1. The Labute approximate surface area is 95.6 Å². The van der Waals surface area contributed by atoms with E-state index in [0.29, 0.717) is 11.6 Å². The van der Waals surface area contributed by atoms with Crippen LogP contribution in [0.5, 0.6) is 0 Å². The molecule has 0 aliphatic carbocycles. The summed E-state index contributed by atoms with van der Waals surface area (Å²) < 4.78 is 4.85. The number of carbonyl (C=O) groups excluding carboxylic acids is 1. The van der Waals surface area contributed by atoms with Gasteiger partial charge in [0.05, 0.1) is 6.54 Å². The Balaban J connectivity index is 2.37. The number of hydrogen-bond acceptors (Lipinski definition) is 4. The molecule has 16 heavy (non-hydrogen) atoms. The van der Waals surface area contributed by atoms with Crippen molar-refractivity contribution in [3.8, 4) is 0 Å². The van der Waals surface area contributed by atoms with Crippen molar-refractivity contribution in [2.75, 3.05) is 11.9 Å². The van der Waals surface area contributed by atoms with Gasteiger partial charge < -0.3 is 15.2 Å². The van der Waals surface area contributed by atoms with E-state index in [2.05, 4.69) is 36.6 Å². The zero-order valence-electron chi connectivity index (χ0n) is 10.3. The molecule has 1 aromatic heterocycles. The zero-order chi connectivity index (χ0) is 12.2. The molecule has 0 atom stereocenters. The van der Waals surface area contributed by atoms with Crippen LogP contribution in [0, 0.1) is 6.92 Å². The monoisotopic (exact) mass is 225 g/mol. The summed E-state index contributed by atoms with van der Waals surface area (Å²) in [7, 11) is 0. The van der Waals surface area contributed by atoms with Crippen molar-refractivity contribution in [3.63, 3.8) is 0 Å². The lowest BCUT2D eigenvalue weighted by atomic mass is 10.0. The number of nitrogens with zero attached hydrogens (tertiary/aromatic N) is 1. The third-order valence-corrected chi connectivity index (χ3v) is 2.51. The molecule has 0 unspecified atom stereocenters. The Bertz CT molecular complexity index is 358. The third kappa shape index (κ3) is 4.02. The maximum Gasteiger partial charge on any atom is 0.239 e. The topological polar surface area (TPSA) is 67.2 Å². The van der Waals surface area contributed by atoms with Crippen LogP contribution >= 0.6 is 0 Å². The Kier molecular flexibility index (Phi) is 4.06. The van der Waals surface area contributed by atoms with Crippen LogP contribution in [-0.2, 0) is 4.79 Å². The predicted octanol–water partition coefficient (Wildman–Crippen LogP) is 1.70. The van der Waals surface area contributed by atoms with Crippen LogP contribution in [0.4, 0.5) is 5.82 Å². The van der Waals surface area contributed by atoms with Gasteiger partial charge in [0.15, 0.2) is 5.82 Å². The molecule has 1 heterocycles. The van der Waals surface area contributed by atoms with Crippen LogP contribution in [0.2, 0.25) is 0 Å². The molecule has 0 spiro atoms. The normalized spacial score (nSPS) is 11.5. The first-order valence-corrected chi connectivity index (χ1v) is 5.41. The zero-order valence-corrected chi connectivity index (χ0v) is 10.3. The van der Waals surface area contributed by atoms with Crippen molar-refractivity contribution < 1.29 is 9.32 Å². The van der Waals surface area contributed by atoms with Gasteiger partial charge in [-0.2, -0.15) is 0 Å². The number of anilines is 1. The van der Waals surface area contributed by atoms with E-state index in [1.807, 2.05) is 0 Å². The Morgan fingerprint density at radius 3 is 2.75 bits per heavy atom. The summed E-state index contributed by atoms with van der Waals surface area (Å²) in [6.07, 6.45) is 0.962. The first kappa shape index (κ1) is 12.7. The summed E-state index contributed by atoms with van der Waals surface area (Å²) in [5.41, 5.74) is -0.0307. The maximum atomic E-state index is 11.5. The van der Waals surface area contributed by atoms with Crippen LogP contribution in [0.25, 0.3) is 0 Å². The molecule has 0 radical (unpaired) electrons. The van der Waals surface area contributed by atoms with Gasteiger partial charge in [-0.25, -0.2) is 0 Å². The highest BCUT2D eigenvalue weighted by molar-refractivity contribution is 5.91. The van der Waals surface area contributed by atoms with E-state index < -0.39 is 0 Å². The standard InChI is InChI=1S/C11H19N3O2/c1-5-11(3,4)12-7-10(15)13-9-6-8(2)16-14-9/h6,12H,5,7H2,1-4H3,(H,13,14,15). The molecule has 0 aliphatic rings. The van der Waals surface area contributed by atoms with Gasteiger partial charge >= 0.3 is 0 Å². The molecule has 1 rings (SSSR count). The van der Waals surface area contributed by atoms with E-state index in [1.54, 1.807) is 13.0 Å². The van der Waals surface area contributed by atoms with Crippen LogP contribution in [0.1, 0.15) is 33.0 Å². The van der Waals surface area contributed by atoms with Crippen molar-refractivity contribution in [1.29, 1.82) is 0 Å². The first-order valence-electron chi connectivity index (χ1n) is 5.41. The first-order chi connectivity index (χ1) is 7.43. The molecule has 0 bridgehead atoms. The second kappa shape index (κ2) is 5.12. The average molecular weight is 225 g/mol. The fourth-order valence-corrected chi connectivity index (χ4v) is 1.06. The molecular weight excluding hydrogens is 206 g/mol. The molecule has 5 heteroatoms. The van der Waals surface area contributed by atoms with Crippen molar-refractivity contribution in [3.05, 3.63) is 11.8 Å². The largest absolute Gasteiger partial charge is 0.360 e. The predicted molar refractivity (Wildman–Crippen MR) is 62.2 cm³/mol. The highest BCUT2D eigenvalue weighted by Crippen LogP contribution is 2.08. The fraction of sp³-hybridized carbons (Fsp3) is 0.636. The van der Waals surface area contributed by atoms with Gasteiger partial charge in [0.25, 0.3) is 0 Å². The summed E-state index contributed by atoms with van der Waals surface area (Å²) in [5.74, 6) is 1.02. The molecule has 0 fully saturated rings. The van der Waals surface area contributed by atoms with Crippen LogP contribution < -0.4 is 10.6 Å². The maximum absolute atomic E-state index is 11.5. The lowest BCUT2D eigenvalue weighted by molar-refractivity contribution is -0.115. The number of hydrogen-bond donors (Lipinski definition) is 2. The summed E-state index contributed by atoms with van der Waals surface area (Å²) in [6, 6.07) is 1.68. The van der Waals surface area contributed by atoms with Gasteiger partial charge in [-0.15, -0.1) is 0 Å². The molecule has 0 aromatic carbocycles. The molecule has 90 valence electrons. The Hall–Kier alpha value is -1.36. The Morgan fingerprint density at radius 1 is 1.56 bits per heavy atom. The number of aryl methyl sites for hydroxylation is 1. The number of rotatable bonds is 5. The highest BCUT2D eigenvalue weighted by atomic mass is 16.5. The Morgan fingerprint density at radius 2 is 2.25 bits per heavy atom. The number of aromatic nitrogens is 1. The van der Waals surface area contributed by atoms with Gasteiger partial charge in [-0.3, -0.25) is 4.79 Å². The van der Waals surface area contributed by atoms with Gasteiger partial charge in [-0.1, -0.05) is 12.1 Å². The van der Waals surface area contributed by atoms with Crippen molar-refractivity contribution in [2.45, 2.75) is 39.7 Å². The molecule has 0 saturated heterocycles. The molecule has 1 aromatic rings. The summed E-state index contributed by atoms with van der Waals surface area (Å²) in [5, 5.41) is 9.50. The van der Waals surface area contributed by atoms with Crippen LogP contribution in [-0.4, -0.2) is 23.1 Å². The van der Waals surface area contributed by atoms with Gasteiger partial charge in [-0.05, 0) is 27.2 Å². The summed E-state index contributed by atoms with van der Waals surface area (Å²) >= 11 is 0. The molecule has 5 nitrogen and oxygen atoms in total. The van der Waals surface area contributed by atoms with E-state index in [-0.39, 0.29) is 18.0 Å². The lowest BCUT2D eigenvalue weighted by Crippen LogP contribution is -2.43. The second-order valence-electron chi connectivity index (χ2n) is 4.46. The minimum absolute atomic E-state index is 0.0307. The molecule has 0 aliphatic heterocycles. The number of carbonyl (C=O) groups is 1. The molecule has 1 amide bonds. The minimum Gasteiger partial charge on any atom is -0.360 e. The van der Waals surface area contributed by atoms with Gasteiger partial charge in [0.2, 0.25) is 5.91 Å². The molecular formula is C11H19N3O2. The quantitative estimate of drug-likeness (QED) is 0.800. The van der Waals surface area contributed by atoms with Crippen molar-refractivity contribution in [2.24, 2.45) is 0 Å². The summed E-state index contributed by atoms with van der Waals surface area (Å²) in [6.45, 7) is 8.24.